The van der Waals surface area contributed by atoms with E-state index >= 15 is 0 Å². The first-order chi connectivity index (χ1) is 22.2. The first kappa shape index (κ1) is 53.8. The monoisotopic (exact) mass is 826 g/mol. The molecule has 0 spiro atoms. The zero-order chi connectivity index (χ0) is 34.5. The Bertz CT molecular complexity index is 591. The Labute approximate surface area is 326 Å². The summed E-state index contributed by atoms with van der Waals surface area (Å²) in [6, 6.07) is 0. The zero-order valence-corrected chi connectivity index (χ0v) is 39.5. The minimum absolute atomic E-state index is 0. The number of hydrogen-bond acceptors (Lipinski definition) is 8. The van der Waals surface area contributed by atoms with Crippen LogP contribution in [0.3, 0.4) is 0 Å². The third kappa shape index (κ3) is 48.5. The summed E-state index contributed by atoms with van der Waals surface area (Å²) in [6.07, 6.45) is 35.3. The fourth-order valence-electron chi connectivity index (χ4n) is 5.02. The molecule has 0 saturated heterocycles. The van der Waals surface area contributed by atoms with E-state index in [1.165, 1.54) is 177 Å². The smallest absolute Gasteiger partial charge is 0.793 e. The van der Waals surface area contributed by atoms with E-state index in [-0.39, 0.29) is 19.5 Å². The van der Waals surface area contributed by atoms with Crippen molar-refractivity contribution in [3.05, 3.63) is 0 Å². The molecule has 0 heterocycles. The van der Waals surface area contributed by atoms with Gasteiger partial charge < -0.3 is 18.8 Å². The van der Waals surface area contributed by atoms with Crippen molar-refractivity contribution in [3.63, 3.8) is 0 Å². The molecule has 4 nitrogen and oxygen atoms in total. The van der Waals surface area contributed by atoms with Crippen molar-refractivity contribution in [3.8, 4) is 0 Å². The van der Waals surface area contributed by atoms with Crippen LogP contribution in [0.2, 0.25) is 0 Å². The summed E-state index contributed by atoms with van der Waals surface area (Å²) in [5.74, 6) is 1.76. The molecule has 47 heavy (non-hydrogen) atoms. The van der Waals surface area contributed by atoms with Crippen LogP contribution in [-0.4, -0.2) is 24.7 Å². The second-order valence-electron chi connectivity index (χ2n) is 12.7. The molecule has 0 aromatic heterocycles. The van der Waals surface area contributed by atoms with Crippen LogP contribution in [0, 0.1) is 0 Å². The van der Waals surface area contributed by atoms with Crippen LogP contribution in [0.4, 0.5) is 0 Å². The van der Waals surface area contributed by atoms with Crippen molar-refractivity contribution in [2.45, 2.75) is 207 Å². The van der Waals surface area contributed by atoms with Gasteiger partial charge in [-0.25, -0.2) is 0 Å². The van der Waals surface area contributed by atoms with Crippen molar-refractivity contribution in [1.82, 2.24) is 0 Å². The molecule has 0 aliphatic carbocycles. The summed E-state index contributed by atoms with van der Waals surface area (Å²) in [7, 11) is 0. The molecule has 0 aliphatic heterocycles. The van der Waals surface area contributed by atoms with Gasteiger partial charge in [0.25, 0.3) is 0 Å². The quantitative estimate of drug-likeness (QED) is 0.0352. The maximum atomic E-state index is 12.1. The van der Waals surface area contributed by atoms with Crippen molar-refractivity contribution < 1.29 is 38.3 Å². The van der Waals surface area contributed by atoms with Gasteiger partial charge in [-0.1, -0.05) is 205 Å². The predicted octanol–water partition coefficient (Wildman–Crippen LogP) is 13.6. The van der Waals surface area contributed by atoms with Gasteiger partial charge in [0.15, 0.2) is 0 Å². The standard InChI is InChI=1S/2C18H39O2PS2.Zn/c2*1-3-5-7-9-11-13-15-17-20-21(19,22)23-18-16-14-12-10-8-6-4-2;/h2*3-18H2,1-2H3,(H,19,22);/q;;+2/p-2. The first-order valence-electron chi connectivity index (χ1n) is 19.4. The Morgan fingerprint density at radius 3 is 0.851 bits per heavy atom. The van der Waals surface area contributed by atoms with E-state index in [1.54, 1.807) is 0 Å². The molecule has 0 fully saturated rings. The fraction of sp³-hybridized carbons (Fsp3) is 1.00. The van der Waals surface area contributed by atoms with E-state index in [0.717, 1.165) is 37.2 Å². The Kier molecular flexibility index (Phi) is 49.1. The molecule has 2 unspecified atom stereocenters. The minimum atomic E-state index is -2.82. The topological polar surface area (TPSA) is 64.6 Å². The molecular weight excluding hydrogens is 752 g/mol. The molecule has 0 saturated carbocycles. The SMILES string of the molecule is CCCCCCCCCOP([O-])(=S)SCCCCCCCCC.CCCCCCCCCOP([O-])(=S)SCCCCCCCCC.[Zn+2]. The maximum Gasteiger partial charge on any atom is 2.00 e. The molecule has 280 valence electrons. The Hall–Kier alpha value is 2.46. The summed E-state index contributed by atoms with van der Waals surface area (Å²) in [6.45, 7) is 10.1. The van der Waals surface area contributed by atoms with Gasteiger partial charge in [0.05, 0.1) is 13.2 Å². The molecule has 0 rings (SSSR count). The van der Waals surface area contributed by atoms with Gasteiger partial charge in [-0.05, 0) is 37.2 Å². The largest absolute Gasteiger partial charge is 2.00 e. The second-order valence-corrected chi connectivity index (χ2v) is 25.1. The third-order valence-electron chi connectivity index (χ3n) is 7.99. The van der Waals surface area contributed by atoms with Gasteiger partial charge in [-0.3, -0.25) is 0 Å². The predicted molar refractivity (Wildman–Crippen MR) is 217 cm³/mol. The second kappa shape index (κ2) is 42.9. The molecule has 0 bridgehead atoms. The Morgan fingerprint density at radius 1 is 0.383 bits per heavy atom. The van der Waals surface area contributed by atoms with Gasteiger partial charge in [0.1, 0.15) is 0 Å². The van der Waals surface area contributed by atoms with Gasteiger partial charge in [-0.15, -0.1) is 22.8 Å². The zero-order valence-electron chi connectivity index (χ0n) is 31.5. The number of unbranched alkanes of at least 4 members (excludes halogenated alkanes) is 24. The van der Waals surface area contributed by atoms with Crippen molar-refractivity contribution in [1.29, 1.82) is 0 Å². The van der Waals surface area contributed by atoms with Gasteiger partial charge in [-0.2, -0.15) is 0 Å². The third-order valence-corrected chi connectivity index (χ3v) is 16.7. The summed E-state index contributed by atoms with van der Waals surface area (Å²) in [5.41, 5.74) is -5.65. The number of rotatable bonds is 36. The number of hydrogen-bond donors (Lipinski definition) is 0. The average molecular weight is 829 g/mol. The first-order valence-corrected chi connectivity index (χ1v) is 27.9. The van der Waals surface area contributed by atoms with Crippen molar-refractivity contribution in [2.24, 2.45) is 0 Å². The molecule has 0 aromatic rings. The van der Waals surface area contributed by atoms with Gasteiger partial charge in [0, 0.05) is 11.4 Å². The fourth-order valence-corrected chi connectivity index (χ4v) is 11.8. The van der Waals surface area contributed by atoms with Crippen molar-refractivity contribution in [2.75, 3.05) is 24.7 Å². The van der Waals surface area contributed by atoms with Crippen LogP contribution in [0.25, 0.3) is 0 Å². The van der Waals surface area contributed by atoms with Crippen LogP contribution in [0.15, 0.2) is 0 Å². The Morgan fingerprint density at radius 2 is 0.596 bits per heavy atom. The molecule has 11 heteroatoms. The normalized spacial score (nSPS) is 13.7. The molecule has 2 atom stereocenters. The van der Waals surface area contributed by atoms with Gasteiger partial charge >= 0.3 is 19.5 Å². The molecular formula is C36H76O4P2S4Zn. The van der Waals surface area contributed by atoms with Crippen molar-refractivity contribution >= 4 is 57.8 Å². The van der Waals surface area contributed by atoms with E-state index in [4.69, 9.17) is 32.7 Å². The van der Waals surface area contributed by atoms with Crippen LogP contribution >= 0.6 is 34.2 Å². The summed E-state index contributed by atoms with van der Waals surface area (Å²) >= 11 is 13.0. The van der Waals surface area contributed by atoms with E-state index in [2.05, 4.69) is 27.7 Å². The maximum absolute atomic E-state index is 12.1. The molecule has 0 aliphatic rings. The molecule has 0 aromatic carbocycles. The van der Waals surface area contributed by atoms with Gasteiger partial charge in [0.2, 0.25) is 0 Å². The molecule has 0 amide bonds. The Balaban J connectivity index is -0.000000807. The summed E-state index contributed by atoms with van der Waals surface area (Å²) in [5, 5.41) is 0. The van der Waals surface area contributed by atoms with Crippen LogP contribution in [0.1, 0.15) is 207 Å². The summed E-state index contributed by atoms with van der Waals surface area (Å²) in [4.78, 5) is 24.2. The average Bonchev–Trinajstić information content (AvgIpc) is 3.02. The van der Waals surface area contributed by atoms with Crippen LogP contribution in [-0.2, 0) is 52.1 Å². The summed E-state index contributed by atoms with van der Waals surface area (Å²) < 4.78 is 10.9. The van der Waals surface area contributed by atoms with Crippen LogP contribution in [0.5, 0.6) is 0 Å². The van der Waals surface area contributed by atoms with Crippen LogP contribution < -0.4 is 9.79 Å². The van der Waals surface area contributed by atoms with E-state index in [1.807, 2.05) is 0 Å². The minimum Gasteiger partial charge on any atom is -0.793 e. The van der Waals surface area contributed by atoms with E-state index in [9.17, 15) is 9.79 Å². The molecule has 0 radical (unpaired) electrons. The molecule has 0 N–H and O–H groups in total. The van der Waals surface area contributed by atoms with E-state index in [0.29, 0.717) is 13.2 Å². The van der Waals surface area contributed by atoms with E-state index < -0.39 is 11.4 Å².